The molecule has 3 nitrogen and oxygen atoms in total. The zero-order chi connectivity index (χ0) is 26.9. The van der Waals surface area contributed by atoms with Crippen LogP contribution in [0, 0.1) is 11.8 Å². The van der Waals surface area contributed by atoms with Gasteiger partial charge in [-0.15, -0.1) is 0 Å². The standard InChI is InChI=1S/C20H32O2.C10H14O.C3H8/c1-5-16(3)19-8-10-20(11-9-19)22-17(4)21-13-12-18-7-6-15(2)14-18;1-3-8(2)9-4-6-10(11)7-5-9;1-3-2/h8-11,15-18H,5-7,12-14H2,1-4H3;4-8,11H,3H2,1-2H3;3H2,1-2H3. The lowest BCUT2D eigenvalue weighted by molar-refractivity contribution is -0.0702. The summed E-state index contributed by atoms with van der Waals surface area (Å²) < 4.78 is 11.7. The minimum Gasteiger partial charge on any atom is -0.508 e. The molecule has 0 aromatic heterocycles. The third-order valence-corrected chi connectivity index (χ3v) is 7.12. The maximum atomic E-state index is 9.01. The Morgan fingerprint density at radius 1 is 0.806 bits per heavy atom. The third-order valence-electron chi connectivity index (χ3n) is 7.12. The molecule has 0 spiro atoms. The number of phenolic OH excluding ortho intramolecular Hbond substituents is 1. The highest BCUT2D eigenvalue weighted by molar-refractivity contribution is 5.29. The molecule has 3 rings (SSSR count). The molecule has 1 N–H and O–H groups in total. The van der Waals surface area contributed by atoms with Gasteiger partial charge >= 0.3 is 0 Å². The van der Waals surface area contributed by atoms with Gasteiger partial charge in [-0.25, -0.2) is 0 Å². The summed E-state index contributed by atoms with van der Waals surface area (Å²) in [6, 6.07) is 15.9. The van der Waals surface area contributed by atoms with Crippen molar-refractivity contribution in [3.8, 4) is 11.5 Å². The molecule has 1 aliphatic carbocycles. The lowest BCUT2D eigenvalue weighted by Gasteiger charge is -2.17. The number of ether oxygens (including phenoxy) is 2. The van der Waals surface area contributed by atoms with Crippen LogP contribution in [0.3, 0.4) is 0 Å². The lowest BCUT2D eigenvalue weighted by atomic mass is 9.99. The molecule has 1 aliphatic rings. The van der Waals surface area contributed by atoms with Crippen molar-refractivity contribution in [3.63, 3.8) is 0 Å². The normalized spacial score (nSPS) is 19.2. The Morgan fingerprint density at radius 3 is 1.75 bits per heavy atom. The van der Waals surface area contributed by atoms with E-state index in [1.807, 2.05) is 19.1 Å². The van der Waals surface area contributed by atoms with Crippen molar-refractivity contribution in [1.29, 1.82) is 0 Å². The van der Waals surface area contributed by atoms with Gasteiger partial charge < -0.3 is 14.6 Å². The first kappa shape index (κ1) is 32.0. The van der Waals surface area contributed by atoms with Crippen LogP contribution in [0.25, 0.3) is 0 Å². The molecule has 0 aliphatic heterocycles. The van der Waals surface area contributed by atoms with Crippen LogP contribution in [-0.4, -0.2) is 18.0 Å². The largest absolute Gasteiger partial charge is 0.508 e. The van der Waals surface area contributed by atoms with E-state index in [0.717, 1.165) is 30.6 Å². The zero-order valence-corrected chi connectivity index (χ0v) is 24.4. The maximum Gasteiger partial charge on any atom is 0.196 e. The molecule has 0 saturated heterocycles. The summed E-state index contributed by atoms with van der Waals surface area (Å²) in [6.07, 6.45) is 8.69. The minimum atomic E-state index is -0.173. The van der Waals surface area contributed by atoms with E-state index in [2.05, 4.69) is 72.7 Å². The van der Waals surface area contributed by atoms with E-state index in [9.17, 15) is 0 Å². The molecular weight excluding hydrogens is 444 g/mol. The number of aromatic hydroxyl groups is 1. The van der Waals surface area contributed by atoms with E-state index in [4.69, 9.17) is 14.6 Å². The van der Waals surface area contributed by atoms with Crippen LogP contribution in [0.15, 0.2) is 48.5 Å². The van der Waals surface area contributed by atoms with E-state index in [-0.39, 0.29) is 6.29 Å². The van der Waals surface area contributed by atoms with Crippen molar-refractivity contribution < 1.29 is 14.6 Å². The lowest BCUT2D eigenvalue weighted by Crippen LogP contribution is -2.18. The number of benzene rings is 2. The molecule has 1 saturated carbocycles. The molecule has 5 atom stereocenters. The summed E-state index contributed by atoms with van der Waals surface area (Å²) in [6.45, 7) is 18.2. The van der Waals surface area contributed by atoms with Crippen LogP contribution in [0.4, 0.5) is 0 Å². The summed E-state index contributed by atoms with van der Waals surface area (Å²) >= 11 is 0. The summed E-state index contributed by atoms with van der Waals surface area (Å²) in [4.78, 5) is 0. The Kier molecular flexibility index (Phi) is 16.3. The van der Waals surface area contributed by atoms with Crippen molar-refractivity contribution in [3.05, 3.63) is 59.7 Å². The monoisotopic (exact) mass is 498 g/mol. The fourth-order valence-electron chi connectivity index (χ4n) is 4.36. The first-order valence-electron chi connectivity index (χ1n) is 14.4. The second kappa shape index (κ2) is 18.3. The predicted molar refractivity (Wildman–Crippen MR) is 155 cm³/mol. The molecule has 0 bridgehead atoms. The van der Waals surface area contributed by atoms with Gasteiger partial charge in [0, 0.05) is 0 Å². The van der Waals surface area contributed by atoms with Crippen molar-refractivity contribution in [2.24, 2.45) is 11.8 Å². The summed E-state index contributed by atoms with van der Waals surface area (Å²) in [7, 11) is 0. The Morgan fingerprint density at radius 2 is 1.31 bits per heavy atom. The van der Waals surface area contributed by atoms with Gasteiger partial charge in [-0.1, -0.05) is 92.0 Å². The smallest absolute Gasteiger partial charge is 0.196 e. The van der Waals surface area contributed by atoms with Crippen LogP contribution in [0.5, 0.6) is 11.5 Å². The van der Waals surface area contributed by atoms with Crippen LogP contribution >= 0.6 is 0 Å². The molecule has 2 aromatic rings. The molecular formula is C33H54O3. The highest BCUT2D eigenvalue weighted by Gasteiger charge is 2.21. The first-order chi connectivity index (χ1) is 17.2. The Labute approximate surface area is 222 Å². The summed E-state index contributed by atoms with van der Waals surface area (Å²) in [5, 5.41) is 9.01. The van der Waals surface area contributed by atoms with Gasteiger partial charge in [0.2, 0.25) is 0 Å². The van der Waals surface area contributed by atoms with E-state index in [1.54, 1.807) is 12.1 Å². The summed E-state index contributed by atoms with van der Waals surface area (Å²) in [5.74, 6) is 4.21. The van der Waals surface area contributed by atoms with Gasteiger partial charge in [0.05, 0.1) is 6.61 Å². The fourth-order valence-corrected chi connectivity index (χ4v) is 4.36. The second-order valence-corrected chi connectivity index (χ2v) is 10.6. The van der Waals surface area contributed by atoms with Crippen LogP contribution in [-0.2, 0) is 4.74 Å². The van der Waals surface area contributed by atoms with Crippen molar-refractivity contribution in [2.75, 3.05) is 6.61 Å². The molecule has 1 fully saturated rings. The average molecular weight is 499 g/mol. The second-order valence-electron chi connectivity index (χ2n) is 10.6. The molecule has 0 heterocycles. The van der Waals surface area contributed by atoms with Crippen LogP contribution in [0.2, 0.25) is 0 Å². The number of rotatable bonds is 10. The van der Waals surface area contributed by atoms with E-state index in [0.29, 0.717) is 17.6 Å². The fraction of sp³-hybridized carbons (Fsp3) is 0.636. The SMILES string of the molecule is CCC.CCC(C)c1ccc(O)cc1.CCC(C)c1ccc(OC(C)OCCC2CCC(C)C2)cc1. The van der Waals surface area contributed by atoms with Gasteiger partial charge in [0.1, 0.15) is 11.5 Å². The van der Waals surface area contributed by atoms with Crippen LogP contribution in [0.1, 0.15) is 123 Å². The summed E-state index contributed by atoms with van der Waals surface area (Å²) in [5.41, 5.74) is 2.67. The van der Waals surface area contributed by atoms with Crippen LogP contribution < -0.4 is 4.74 Å². The van der Waals surface area contributed by atoms with Gasteiger partial charge in [-0.05, 0) is 91.7 Å². The van der Waals surface area contributed by atoms with Gasteiger partial charge in [-0.2, -0.15) is 0 Å². The molecule has 0 amide bonds. The van der Waals surface area contributed by atoms with Crippen molar-refractivity contribution >= 4 is 0 Å². The number of phenols is 1. The van der Waals surface area contributed by atoms with E-state index < -0.39 is 0 Å². The highest BCUT2D eigenvalue weighted by atomic mass is 16.7. The Bertz CT molecular complexity index is 784. The molecule has 2 aromatic carbocycles. The van der Waals surface area contributed by atoms with Gasteiger partial charge in [0.15, 0.2) is 6.29 Å². The van der Waals surface area contributed by atoms with Crippen molar-refractivity contribution in [1.82, 2.24) is 0 Å². The molecule has 36 heavy (non-hydrogen) atoms. The quantitative estimate of drug-likeness (QED) is 0.331. The highest BCUT2D eigenvalue weighted by Crippen LogP contribution is 2.32. The zero-order valence-electron chi connectivity index (χ0n) is 24.4. The third kappa shape index (κ3) is 12.8. The topological polar surface area (TPSA) is 38.7 Å². The predicted octanol–water partition coefficient (Wildman–Crippen LogP) is 10.1. The maximum absolute atomic E-state index is 9.01. The molecule has 0 radical (unpaired) electrons. The number of hydrogen-bond donors (Lipinski definition) is 1. The van der Waals surface area contributed by atoms with Crippen molar-refractivity contribution in [2.45, 2.75) is 118 Å². The molecule has 204 valence electrons. The Balaban J connectivity index is 0.000000386. The number of hydrogen-bond acceptors (Lipinski definition) is 3. The molecule has 3 heteroatoms. The average Bonchev–Trinajstić information content (AvgIpc) is 3.29. The minimum absolute atomic E-state index is 0.173. The first-order valence-corrected chi connectivity index (χ1v) is 14.4. The Hall–Kier alpha value is -2.00. The molecule has 5 unspecified atom stereocenters. The van der Waals surface area contributed by atoms with Gasteiger partial charge in [-0.3, -0.25) is 0 Å². The van der Waals surface area contributed by atoms with E-state index in [1.165, 1.54) is 49.7 Å². The van der Waals surface area contributed by atoms with E-state index >= 15 is 0 Å². The van der Waals surface area contributed by atoms with Gasteiger partial charge in [0.25, 0.3) is 0 Å².